The van der Waals surface area contributed by atoms with E-state index in [-0.39, 0.29) is 0 Å². The molecular formula is C17H15NO2S. The Morgan fingerprint density at radius 2 is 1.48 bits per heavy atom. The largest absolute Gasteiger partial charge is 0.361 e. The third-order valence-corrected chi connectivity index (χ3v) is 4.53. The Morgan fingerprint density at radius 3 is 2.10 bits per heavy atom. The Bertz CT molecular complexity index is 847. The standard InChI is InChI=1S/C17H15NO2S/c1-21(19,20)15-9-7-14(8-10-15)17-16(11-12-18-17)13-5-3-2-4-6-13/h2-12,18H,1H3. The summed E-state index contributed by atoms with van der Waals surface area (Å²) in [5.41, 5.74) is 4.18. The number of hydrogen-bond acceptors (Lipinski definition) is 2. The van der Waals surface area contributed by atoms with Crippen LogP contribution in [0.5, 0.6) is 0 Å². The fourth-order valence-electron chi connectivity index (χ4n) is 2.34. The van der Waals surface area contributed by atoms with Gasteiger partial charge in [0.2, 0.25) is 0 Å². The van der Waals surface area contributed by atoms with Gasteiger partial charge >= 0.3 is 0 Å². The zero-order valence-corrected chi connectivity index (χ0v) is 12.4. The minimum Gasteiger partial charge on any atom is -0.361 e. The van der Waals surface area contributed by atoms with Crippen molar-refractivity contribution >= 4 is 9.84 Å². The number of rotatable bonds is 3. The van der Waals surface area contributed by atoms with E-state index in [1.54, 1.807) is 12.1 Å². The Labute approximate surface area is 124 Å². The van der Waals surface area contributed by atoms with Crippen LogP contribution >= 0.6 is 0 Å². The van der Waals surface area contributed by atoms with Gasteiger partial charge in [-0.1, -0.05) is 42.5 Å². The minimum absolute atomic E-state index is 0.332. The first kappa shape index (κ1) is 13.6. The van der Waals surface area contributed by atoms with E-state index in [0.29, 0.717) is 4.90 Å². The van der Waals surface area contributed by atoms with Gasteiger partial charge in [-0.3, -0.25) is 0 Å². The lowest BCUT2D eigenvalue weighted by molar-refractivity contribution is 0.602. The van der Waals surface area contributed by atoms with Crippen molar-refractivity contribution in [1.82, 2.24) is 4.98 Å². The van der Waals surface area contributed by atoms with Crippen molar-refractivity contribution in [3.63, 3.8) is 0 Å². The van der Waals surface area contributed by atoms with E-state index in [2.05, 4.69) is 17.1 Å². The maximum absolute atomic E-state index is 11.5. The third-order valence-electron chi connectivity index (χ3n) is 3.40. The molecule has 0 fully saturated rings. The average Bonchev–Trinajstić information content (AvgIpc) is 2.97. The summed E-state index contributed by atoms with van der Waals surface area (Å²) in [6, 6.07) is 19.0. The summed E-state index contributed by atoms with van der Waals surface area (Å²) < 4.78 is 23.0. The van der Waals surface area contributed by atoms with Gasteiger partial charge in [-0.05, 0) is 29.3 Å². The predicted octanol–water partition coefficient (Wildman–Crippen LogP) is 3.75. The second-order valence-corrected chi connectivity index (χ2v) is 6.94. The number of aromatic amines is 1. The molecule has 2 aromatic carbocycles. The number of H-pyrrole nitrogens is 1. The summed E-state index contributed by atoms with van der Waals surface area (Å²) >= 11 is 0. The summed E-state index contributed by atoms with van der Waals surface area (Å²) in [5.74, 6) is 0. The van der Waals surface area contributed by atoms with Gasteiger partial charge in [-0.2, -0.15) is 0 Å². The first-order valence-corrected chi connectivity index (χ1v) is 8.48. The van der Waals surface area contributed by atoms with Gasteiger partial charge < -0.3 is 4.98 Å². The van der Waals surface area contributed by atoms with Crippen molar-refractivity contribution in [3.05, 3.63) is 66.9 Å². The van der Waals surface area contributed by atoms with E-state index in [9.17, 15) is 8.42 Å². The molecule has 1 aromatic heterocycles. The molecule has 0 saturated heterocycles. The molecular weight excluding hydrogens is 282 g/mol. The monoisotopic (exact) mass is 297 g/mol. The van der Waals surface area contributed by atoms with Gasteiger partial charge in [0.25, 0.3) is 0 Å². The first-order chi connectivity index (χ1) is 10.1. The maximum Gasteiger partial charge on any atom is 0.175 e. The molecule has 0 unspecified atom stereocenters. The number of hydrogen-bond donors (Lipinski definition) is 1. The quantitative estimate of drug-likeness (QED) is 0.800. The van der Waals surface area contributed by atoms with Crippen molar-refractivity contribution in [2.45, 2.75) is 4.90 Å². The lowest BCUT2D eigenvalue weighted by Crippen LogP contribution is -1.96. The zero-order chi connectivity index (χ0) is 14.9. The van der Waals surface area contributed by atoms with Gasteiger partial charge in [0.1, 0.15) is 0 Å². The summed E-state index contributed by atoms with van der Waals surface area (Å²) in [6.07, 6.45) is 3.11. The normalized spacial score (nSPS) is 11.5. The lowest BCUT2D eigenvalue weighted by atomic mass is 10.0. The van der Waals surface area contributed by atoms with E-state index < -0.39 is 9.84 Å². The molecule has 0 saturated carbocycles. The Morgan fingerprint density at radius 1 is 0.810 bits per heavy atom. The summed E-state index contributed by atoms with van der Waals surface area (Å²) in [6.45, 7) is 0. The van der Waals surface area contributed by atoms with Crippen LogP contribution < -0.4 is 0 Å². The van der Waals surface area contributed by atoms with Crippen LogP contribution in [0.25, 0.3) is 22.4 Å². The molecule has 21 heavy (non-hydrogen) atoms. The molecule has 0 amide bonds. The number of aromatic nitrogens is 1. The first-order valence-electron chi connectivity index (χ1n) is 6.59. The van der Waals surface area contributed by atoms with Crippen molar-refractivity contribution in [3.8, 4) is 22.4 Å². The minimum atomic E-state index is -3.16. The smallest absolute Gasteiger partial charge is 0.175 e. The molecule has 3 aromatic rings. The predicted molar refractivity (Wildman–Crippen MR) is 84.8 cm³/mol. The Balaban J connectivity index is 2.05. The van der Waals surface area contributed by atoms with E-state index in [0.717, 1.165) is 22.4 Å². The molecule has 1 N–H and O–H groups in total. The third kappa shape index (κ3) is 2.76. The fourth-order valence-corrected chi connectivity index (χ4v) is 2.97. The molecule has 0 radical (unpaired) electrons. The summed E-state index contributed by atoms with van der Waals surface area (Å²) in [7, 11) is -3.16. The topological polar surface area (TPSA) is 49.9 Å². The highest BCUT2D eigenvalue weighted by molar-refractivity contribution is 7.90. The van der Waals surface area contributed by atoms with E-state index in [4.69, 9.17) is 0 Å². The Hall–Kier alpha value is -2.33. The fraction of sp³-hybridized carbons (Fsp3) is 0.0588. The SMILES string of the molecule is CS(=O)(=O)c1ccc(-c2[nH]ccc2-c2ccccc2)cc1. The van der Waals surface area contributed by atoms with Crippen LogP contribution in [-0.4, -0.2) is 19.7 Å². The molecule has 0 aliphatic heterocycles. The van der Waals surface area contributed by atoms with Crippen LogP contribution in [0.3, 0.4) is 0 Å². The van der Waals surface area contributed by atoms with E-state index in [1.807, 2.05) is 42.6 Å². The van der Waals surface area contributed by atoms with Gasteiger partial charge in [-0.25, -0.2) is 8.42 Å². The molecule has 0 bridgehead atoms. The van der Waals surface area contributed by atoms with Gasteiger partial charge in [0, 0.05) is 18.0 Å². The summed E-state index contributed by atoms with van der Waals surface area (Å²) in [4.78, 5) is 3.56. The van der Waals surface area contributed by atoms with Crippen LogP contribution in [-0.2, 0) is 9.84 Å². The van der Waals surface area contributed by atoms with E-state index in [1.165, 1.54) is 6.26 Å². The van der Waals surface area contributed by atoms with Gasteiger partial charge in [0.05, 0.1) is 10.6 Å². The Kier molecular flexibility index (Phi) is 3.39. The number of nitrogens with one attached hydrogen (secondary N) is 1. The highest BCUT2D eigenvalue weighted by Crippen LogP contribution is 2.31. The van der Waals surface area contributed by atoms with Gasteiger partial charge in [-0.15, -0.1) is 0 Å². The van der Waals surface area contributed by atoms with Crippen LogP contribution in [0.1, 0.15) is 0 Å². The van der Waals surface area contributed by atoms with Crippen molar-refractivity contribution in [1.29, 1.82) is 0 Å². The van der Waals surface area contributed by atoms with Crippen molar-refractivity contribution in [2.24, 2.45) is 0 Å². The maximum atomic E-state index is 11.5. The average molecular weight is 297 g/mol. The summed E-state index contributed by atoms with van der Waals surface area (Å²) in [5, 5.41) is 0. The number of benzene rings is 2. The van der Waals surface area contributed by atoms with Crippen LogP contribution in [0.2, 0.25) is 0 Å². The second-order valence-electron chi connectivity index (χ2n) is 4.93. The molecule has 3 rings (SSSR count). The van der Waals surface area contributed by atoms with Crippen LogP contribution in [0.4, 0.5) is 0 Å². The van der Waals surface area contributed by atoms with Crippen molar-refractivity contribution in [2.75, 3.05) is 6.26 Å². The molecule has 1 heterocycles. The van der Waals surface area contributed by atoms with Crippen molar-refractivity contribution < 1.29 is 8.42 Å². The molecule has 3 nitrogen and oxygen atoms in total. The molecule has 106 valence electrons. The van der Waals surface area contributed by atoms with E-state index >= 15 is 0 Å². The highest BCUT2D eigenvalue weighted by atomic mass is 32.2. The van der Waals surface area contributed by atoms with Crippen LogP contribution in [0.15, 0.2) is 71.8 Å². The molecule has 0 spiro atoms. The molecule has 0 aliphatic carbocycles. The highest BCUT2D eigenvalue weighted by Gasteiger charge is 2.10. The van der Waals surface area contributed by atoms with Gasteiger partial charge in [0.15, 0.2) is 9.84 Å². The molecule has 0 aliphatic rings. The second kappa shape index (κ2) is 5.22. The zero-order valence-electron chi connectivity index (χ0n) is 11.6. The molecule has 4 heteroatoms. The number of sulfone groups is 1. The lowest BCUT2D eigenvalue weighted by Gasteiger charge is -2.06. The molecule has 0 atom stereocenters. The van der Waals surface area contributed by atoms with Crippen LogP contribution in [0, 0.1) is 0 Å².